The lowest BCUT2D eigenvalue weighted by Gasteiger charge is -2.25. The molecular weight excluding hydrogens is 807 g/mol. The number of rotatable bonds is 14. The maximum Gasteiger partial charge on any atom is 0.416 e. The van der Waals surface area contributed by atoms with E-state index in [1.165, 1.54) is 24.3 Å². The minimum atomic E-state index is -4.49. The normalized spacial score (nSPS) is 17.6. The number of aryl methyl sites for hydroxylation is 2. The van der Waals surface area contributed by atoms with Crippen molar-refractivity contribution in [3.05, 3.63) is 140 Å². The molecule has 0 heterocycles. The Balaban J connectivity index is 0.000000254. The van der Waals surface area contributed by atoms with Gasteiger partial charge in [0.05, 0.1) is 29.2 Å². The van der Waals surface area contributed by atoms with Gasteiger partial charge in [0.1, 0.15) is 19.5 Å². The van der Waals surface area contributed by atoms with Gasteiger partial charge in [0, 0.05) is 13.8 Å². The zero-order valence-corrected chi connectivity index (χ0v) is 35.1. The van der Waals surface area contributed by atoms with Crippen molar-refractivity contribution in [2.45, 2.75) is 149 Å². The van der Waals surface area contributed by atoms with Crippen LogP contribution < -0.4 is 0 Å². The number of alkyl halides is 6. The van der Waals surface area contributed by atoms with Crippen molar-refractivity contribution < 1.29 is 54.1 Å². The van der Waals surface area contributed by atoms with Gasteiger partial charge >= 0.3 is 12.4 Å². The third kappa shape index (κ3) is 13.0. The highest BCUT2D eigenvalue weighted by Crippen LogP contribution is 2.42. The average Bonchev–Trinajstić information content (AvgIpc) is 3.30. The van der Waals surface area contributed by atoms with E-state index in [-0.39, 0.29) is 59.8 Å². The first-order valence-corrected chi connectivity index (χ1v) is 21.2. The first-order chi connectivity index (χ1) is 32.1. The molecule has 0 saturated heterocycles. The van der Waals surface area contributed by atoms with Crippen molar-refractivity contribution in [2.75, 3.05) is 0 Å². The zero-order valence-electron chi connectivity index (χ0n) is 41.1. The molecule has 0 unspecified atom stereocenters. The van der Waals surface area contributed by atoms with Gasteiger partial charge < -0.3 is 14.8 Å². The lowest BCUT2D eigenvalue weighted by Crippen LogP contribution is -2.15. The molecule has 1 N–H and O–H groups in total. The molecular formula is C50H58F6N2O4. The predicted octanol–water partition coefficient (Wildman–Crippen LogP) is 13.8. The third-order valence-corrected chi connectivity index (χ3v) is 11.7. The molecule has 62 heavy (non-hydrogen) atoms. The molecule has 6 rings (SSSR count). The van der Waals surface area contributed by atoms with Crippen molar-refractivity contribution in [2.24, 2.45) is 10.3 Å². The van der Waals surface area contributed by atoms with E-state index in [2.05, 4.69) is 10.3 Å². The SMILES string of the molecule is [2H]C([2H])([2H])/C(=N\OCc1ccc(C2CCCCC2)c(C(F)(F)F)c1)c1ccc(C=O)c(CC)c1.[2H]C([2H])([2H])/C(=N\OCc1ccc(C2CCCCC2)c(C(F)(F)F)c1)c1ccc(CO)c(CC)c1. The summed E-state index contributed by atoms with van der Waals surface area (Å²) in [5.74, 6) is -0.210. The molecule has 2 saturated carbocycles. The van der Waals surface area contributed by atoms with Crippen LogP contribution in [0.15, 0.2) is 83.1 Å². The van der Waals surface area contributed by atoms with Gasteiger partial charge in [0.25, 0.3) is 0 Å². The van der Waals surface area contributed by atoms with Gasteiger partial charge in [-0.1, -0.05) is 111 Å². The standard InChI is InChI=1S/C25H30F3NO2.C25H28F3NO2/c2*1-3-19-14-21(10-11-22(19)15-30)17(2)29-31-16-18-9-12-23(20-7-5-4-6-8-20)24(13-18)25(26,27)28/h9-14,20,30H,3-8,15-16H2,1-2H3;9-15,20H,3-8,16H2,1-2H3/b2*29-17+/i2*2D3. The van der Waals surface area contributed by atoms with Crippen LogP contribution in [0.1, 0.15) is 183 Å². The number of aldehydes is 1. The second kappa shape index (κ2) is 22.4. The van der Waals surface area contributed by atoms with Gasteiger partial charge in [-0.15, -0.1) is 0 Å². The van der Waals surface area contributed by atoms with Crippen LogP contribution in [0.2, 0.25) is 0 Å². The Bertz CT molecular complexity index is 2390. The predicted molar refractivity (Wildman–Crippen MR) is 231 cm³/mol. The molecule has 0 aliphatic heterocycles. The number of hydrogen-bond acceptors (Lipinski definition) is 6. The molecule has 12 heteroatoms. The average molecular weight is 871 g/mol. The first kappa shape index (κ1) is 39.8. The van der Waals surface area contributed by atoms with E-state index in [1.807, 2.05) is 13.8 Å². The molecule has 0 bridgehead atoms. The van der Waals surface area contributed by atoms with E-state index in [1.54, 1.807) is 36.4 Å². The van der Waals surface area contributed by atoms with Crippen molar-refractivity contribution in [1.29, 1.82) is 0 Å². The summed E-state index contributed by atoms with van der Waals surface area (Å²) >= 11 is 0. The van der Waals surface area contributed by atoms with E-state index < -0.39 is 37.2 Å². The Hall–Kier alpha value is -4.97. The van der Waals surface area contributed by atoms with E-state index in [0.717, 1.165) is 81.9 Å². The van der Waals surface area contributed by atoms with Gasteiger partial charge in [0.2, 0.25) is 0 Å². The molecule has 2 fully saturated rings. The summed E-state index contributed by atoms with van der Waals surface area (Å²) in [5.41, 5.74) is 2.39. The van der Waals surface area contributed by atoms with E-state index in [9.17, 15) is 36.2 Å². The fourth-order valence-electron chi connectivity index (χ4n) is 8.30. The number of aliphatic hydroxyl groups excluding tert-OH is 1. The Morgan fingerprint density at radius 3 is 1.50 bits per heavy atom. The summed E-state index contributed by atoms with van der Waals surface area (Å²) in [6.07, 6.45) is 1.62. The molecule has 0 amide bonds. The maximum atomic E-state index is 13.8. The van der Waals surface area contributed by atoms with Crippen LogP contribution >= 0.6 is 0 Å². The summed E-state index contributed by atoms with van der Waals surface area (Å²) in [6, 6.07) is 17.7. The molecule has 0 radical (unpaired) electrons. The molecule has 0 atom stereocenters. The van der Waals surface area contributed by atoms with Crippen molar-refractivity contribution in [3.63, 3.8) is 0 Å². The quantitative estimate of drug-likeness (QED) is 0.0592. The molecule has 334 valence electrons. The van der Waals surface area contributed by atoms with Crippen LogP contribution in [0, 0.1) is 0 Å². The number of oxime groups is 2. The molecule has 2 aliphatic carbocycles. The summed E-state index contributed by atoms with van der Waals surface area (Å²) in [4.78, 5) is 21.7. The van der Waals surface area contributed by atoms with Gasteiger partial charge in [-0.25, -0.2) is 0 Å². The second-order valence-electron chi connectivity index (χ2n) is 15.8. The summed E-state index contributed by atoms with van der Waals surface area (Å²) < 4.78 is 130. The Kier molecular flexibility index (Phi) is 14.4. The van der Waals surface area contributed by atoms with Crippen LogP contribution in [0.5, 0.6) is 0 Å². The van der Waals surface area contributed by atoms with Crippen LogP contribution in [-0.2, 0) is 54.7 Å². The number of carbonyl (C=O) groups excluding carboxylic acids is 1. The largest absolute Gasteiger partial charge is 0.416 e. The van der Waals surface area contributed by atoms with Crippen LogP contribution in [-0.4, -0.2) is 22.8 Å². The number of halogens is 6. The van der Waals surface area contributed by atoms with Gasteiger partial charge in [0.15, 0.2) is 0 Å². The maximum absolute atomic E-state index is 13.8. The highest BCUT2D eigenvalue weighted by molar-refractivity contribution is 5.99. The molecule has 6 nitrogen and oxygen atoms in total. The topological polar surface area (TPSA) is 80.5 Å². The van der Waals surface area contributed by atoms with E-state index in [0.29, 0.717) is 52.5 Å². The van der Waals surface area contributed by atoms with Gasteiger partial charge in [-0.3, -0.25) is 4.79 Å². The smallest absolute Gasteiger partial charge is 0.392 e. The van der Waals surface area contributed by atoms with Crippen LogP contribution in [0.3, 0.4) is 0 Å². The second-order valence-corrected chi connectivity index (χ2v) is 15.8. The number of aliphatic hydroxyl groups is 1. The Labute approximate surface area is 369 Å². The highest BCUT2D eigenvalue weighted by atomic mass is 19.4. The minimum absolute atomic E-state index is 0.102. The Morgan fingerprint density at radius 2 is 1.10 bits per heavy atom. The number of nitrogens with zero attached hydrogens (tertiary/aromatic N) is 2. The minimum Gasteiger partial charge on any atom is -0.392 e. The first-order valence-electron chi connectivity index (χ1n) is 24.2. The number of benzene rings is 4. The van der Waals surface area contributed by atoms with Crippen LogP contribution in [0.4, 0.5) is 26.3 Å². The van der Waals surface area contributed by atoms with Crippen LogP contribution in [0.25, 0.3) is 0 Å². The number of carbonyl (C=O) groups is 1. The third-order valence-electron chi connectivity index (χ3n) is 11.7. The van der Waals surface area contributed by atoms with Gasteiger partial charge in [-0.2, -0.15) is 26.3 Å². The van der Waals surface area contributed by atoms with Crippen molar-refractivity contribution in [1.82, 2.24) is 0 Å². The van der Waals surface area contributed by atoms with E-state index >= 15 is 0 Å². The van der Waals surface area contributed by atoms with Crippen molar-refractivity contribution in [3.8, 4) is 0 Å². The fourth-order valence-corrected chi connectivity index (χ4v) is 8.30. The number of hydrogen-bond donors (Lipinski definition) is 1. The van der Waals surface area contributed by atoms with E-state index in [4.69, 9.17) is 17.9 Å². The summed E-state index contributed by atoms with van der Waals surface area (Å²) in [6.45, 7) is -2.24. The summed E-state index contributed by atoms with van der Waals surface area (Å²) in [5, 5.41) is 17.0. The summed E-state index contributed by atoms with van der Waals surface area (Å²) in [7, 11) is 0. The Morgan fingerprint density at radius 1 is 0.645 bits per heavy atom. The highest BCUT2D eigenvalue weighted by Gasteiger charge is 2.37. The molecule has 0 spiro atoms. The monoisotopic (exact) mass is 870 g/mol. The molecule has 0 aromatic heterocycles. The zero-order chi connectivity index (χ0) is 49.9. The molecule has 4 aromatic carbocycles. The lowest BCUT2D eigenvalue weighted by atomic mass is 9.81. The molecule has 4 aromatic rings. The lowest BCUT2D eigenvalue weighted by molar-refractivity contribution is -0.139. The molecule has 2 aliphatic rings. The van der Waals surface area contributed by atoms with Crippen molar-refractivity contribution >= 4 is 17.7 Å². The van der Waals surface area contributed by atoms with Gasteiger partial charge in [-0.05, 0) is 138 Å². The fraction of sp³-hybridized carbons (Fsp3) is 0.460.